The summed E-state index contributed by atoms with van der Waals surface area (Å²) in [6.45, 7) is 7.63. The van der Waals surface area contributed by atoms with Crippen molar-refractivity contribution in [3.05, 3.63) is 24.0 Å². The molecule has 0 saturated carbocycles. The Morgan fingerprint density at radius 1 is 1.25 bits per heavy atom. The highest BCUT2D eigenvalue weighted by atomic mass is 32.2. The predicted octanol–water partition coefficient (Wildman–Crippen LogP) is -0.435. The third kappa shape index (κ3) is 3.26. The molecule has 8 heteroatoms. The van der Waals surface area contributed by atoms with Crippen LogP contribution in [-0.2, 0) is 24.5 Å². The molecule has 0 fully saturated rings. The van der Waals surface area contributed by atoms with Crippen LogP contribution in [0.1, 0.15) is 6.92 Å². The second kappa shape index (κ2) is 5.37. The van der Waals surface area contributed by atoms with E-state index in [9.17, 15) is 21.6 Å². The topological polar surface area (TPSA) is 97.4 Å². The van der Waals surface area contributed by atoms with Crippen molar-refractivity contribution >= 4 is 24.8 Å². The summed E-state index contributed by atoms with van der Waals surface area (Å²) in [5.74, 6) is 0. The molecule has 92 valence electrons. The number of rotatable bonds is 6. The Bertz CT molecular complexity index is 489. The van der Waals surface area contributed by atoms with Gasteiger partial charge in [0, 0.05) is 10.8 Å². The van der Waals surface area contributed by atoms with Crippen LogP contribution in [0.4, 0.5) is 0 Å². The zero-order valence-electron chi connectivity index (χ0n) is 8.71. The molecule has 0 amide bonds. The minimum atomic E-state index is -4.28. The molecule has 0 aromatic carbocycles. The molecule has 0 rings (SSSR count). The summed E-state index contributed by atoms with van der Waals surface area (Å²) >= 11 is 0. The van der Waals surface area contributed by atoms with Crippen molar-refractivity contribution in [3.63, 3.8) is 0 Å². The van der Waals surface area contributed by atoms with Gasteiger partial charge in [0.25, 0.3) is 5.12 Å². The monoisotopic (exact) mass is 267 g/mol. The van der Waals surface area contributed by atoms with Gasteiger partial charge in [-0.05, 0) is 6.54 Å². The summed E-state index contributed by atoms with van der Waals surface area (Å²) in [5.41, 5.74) is 0. The Hall–Kier alpha value is -0.990. The normalized spacial score (nSPS) is 14.1. The third-order valence-electron chi connectivity index (χ3n) is 1.66. The lowest BCUT2D eigenvalue weighted by molar-refractivity contribution is -0.111. The number of hydrogen-bond acceptors (Lipinski definition) is 6. The quantitative estimate of drug-likeness (QED) is 0.701. The number of nitrogens with one attached hydrogen (secondary N) is 1. The first-order valence-electron chi connectivity index (χ1n) is 4.24. The van der Waals surface area contributed by atoms with E-state index in [1.54, 1.807) is 6.92 Å². The van der Waals surface area contributed by atoms with E-state index >= 15 is 0 Å². The highest BCUT2D eigenvalue weighted by Crippen LogP contribution is 2.07. The first-order valence-corrected chi connectivity index (χ1v) is 7.39. The van der Waals surface area contributed by atoms with Gasteiger partial charge >= 0.3 is 0 Å². The highest BCUT2D eigenvalue weighted by Gasteiger charge is 2.36. The van der Waals surface area contributed by atoms with E-state index in [-0.39, 0.29) is 6.54 Å². The lowest BCUT2D eigenvalue weighted by atomic mass is 10.6. The molecule has 0 spiro atoms. The minimum Gasteiger partial charge on any atom is -0.294 e. The van der Waals surface area contributed by atoms with E-state index in [2.05, 4.69) is 18.5 Å². The molecule has 0 aliphatic carbocycles. The molecule has 1 unspecified atom stereocenters. The van der Waals surface area contributed by atoms with Crippen LogP contribution < -0.4 is 5.32 Å². The largest absolute Gasteiger partial charge is 0.294 e. The average molecular weight is 267 g/mol. The third-order valence-corrected chi connectivity index (χ3v) is 4.55. The summed E-state index contributed by atoms with van der Waals surface area (Å²) in [5, 5.41) is -0.0578. The number of hydrogen-bond donors (Lipinski definition) is 1. The molecule has 16 heavy (non-hydrogen) atoms. The summed E-state index contributed by atoms with van der Waals surface area (Å²) in [4.78, 5) is 11.4. The first kappa shape index (κ1) is 15.0. The Balaban J connectivity index is 5.51. The fraction of sp³-hybridized carbons (Fsp3) is 0.375. The summed E-state index contributed by atoms with van der Waals surface area (Å²) in [6, 6.07) is 0. The van der Waals surface area contributed by atoms with Crippen molar-refractivity contribution in [2.75, 3.05) is 6.54 Å². The summed E-state index contributed by atoms with van der Waals surface area (Å²) in [7, 11) is -8.32. The Morgan fingerprint density at radius 2 is 1.75 bits per heavy atom. The molecule has 0 saturated heterocycles. The van der Waals surface area contributed by atoms with Crippen LogP contribution in [-0.4, -0.2) is 33.9 Å². The molecule has 0 bridgehead atoms. The van der Waals surface area contributed by atoms with Crippen LogP contribution in [0.15, 0.2) is 24.0 Å². The first-order chi connectivity index (χ1) is 7.22. The lowest BCUT2D eigenvalue weighted by Gasteiger charge is -2.13. The fourth-order valence-electron chi connectivity index (χ4n) is 0.847. The summed E-state index contributed by atoms with van der Waals surface area (Å²) in [6.07, 6.45) is 0. The molecule has 1 N–H and O–H groups in total. The van der Waals surface area contributed by atoms with Gasteiger partial charge in [0.1, 0.15) is 0 Å². The molecule has 0 aliphatic heterocycles. The van der Waals surface area contributed by atoms with Crippen molar-refractivity contribution in [2.45, 2.75) is 12.3 Å². The SMILES string of the molecule is C=CS(=O)(=O)C(=O)C(NCC)S(=O)(=O)C=C. The molecule has 1 atom stereocenters. The molecule has 0 radical (unpaired) electrons. The second-order valence-electron chi connectivity index (χ2n) is 2.72. The van der Waals surface area contributed by atoms with Crippen molar-refractivity contribution in [1.82, 2.24) is 5.32 Å². The van der Waals surface area contributed by atoms with E-state index in [0.29, 0.717) is 10.8 Å². The van der Waals surface area contributed by atoms with Crippen molar-refractivity contribution in [3.8, 4) is 0 Å². The molecule has 0 aliphatic rings. The second-order valence-corrected chi connectivity index (χ2v) is 6.53. The zero-order chi connectivity index (χ0) is 13.0. The molecule has 0 heterocycles. The molecule has 0 aromatic heterocycles. The van der Waals surface area contributed by atoms with Gasteiger partial charge in [0.2, 0.25) is 9.84 Å². The maximum Gasteiger partial charge on any atom is 0.283 e. The van der Waals surface area contributed by atoms with Gasteiger partial charge in [0.05, 0.1) is 0 Å². The molecule has 6 nitrogen and oxygen atoms in total. The van der Waals surface area contributed by atoms with Gasteiger partial charge in [-0.3, -0.25) is 10.1 Å². The minimum absolute atomic E-state index is 0.121. The highest BCUT2D eigenvalue weighted by molar-refractivity contribution is 8.11. The maximum absolute atomic E-state index is 11.4. The van der Waals surface area contributed by atoms with Crippen LogP contribution >= 0.6 is 0 Å². The van der Waals surface area contributed by atoms with Crippen LogP contribution in [0.25, 0.3) is 0 Å². The summed E-state index contributed by atoms with van der Waals surface area (Å²) < 4.78 is 45.1. The van der Waals surface area contributed by atoms with E-state index in [4.69, 9.17) is 0 Å². The van der Waals surface area contributed by atoms with Gasteiger partial charge in [-0.2, -0.15) is 0 Å². The molecule has 0 aromatic rings. The van der Waals surface area contributed by atoms with E-state index in [1.807, 2.05) is 0 Å². The Labute approximate surface area is 94.9 Å². The van der Waals surface area contributed by atoms with E-state index < -0.39 is 30.2 Å². The number of carbonyl (C=O) groups excluding carboxylic acids is 1. The molecular formula is C8H13NO5S2. The van der Waals surface area contributed by atoms with Gasteiger partial charge < -0.3 is 0 Å². The predicted molar refractivity (Wildman–Crippen MR) is 60.7 cm³/mol. The van der Waals surface area contributed by atoms with Crippen LogP contribution in [0.3, 0.4) is 0 Å². The fourth-order valence-corrected chi connectivity index (χ4v) is 3.06. The smallest absolute Gasteiger partial charge is 0.283 e. The van der Waals surface area contributed by atoms with Crippen LogP contribution in [0, 0.1) is 0 Å². The number of carbonyl (C=O) groups is 1. The van der Waals surface area contributed by atoms with Gasteiger partial charge in [-0.25, -0.2) is 16.8 Å². The Kier molecular flexibility index (Phi) is 5.04. The number of likely N-dealkylation sites (N-methyl/N-ethyl adjacent to an activating group) is 1. The van der Waals surface area contributed by atoms with Crippen molar-refractivity contribution < 1.29 is 21.6 Å². The Morgan fingerprint density at radius 3 is 2.06 bits per heavy atom. The number of sulfone groups is 2. The lowest BCUT2D eigenvalue weighted by Crippen LogP contribution is -2.45. The van der Waals surface area contributed by atoms with Crippen LogP contribution in [0.2, 0.25) is 0 Å². The van der Waals surface area contributed by atoms with Gasteiger partial charge in [0.15, 0.2) is 15.2 Å². The van der Waals surface area contributed by atoms with Crippen LogP contribution in [0.5, 0.6) is 0 Å². The van der Waals surface area contributed by atoms with Gasteiger partial charge in [-0.1, -0.05) is 20.1 Å². The van der Waals surface area contributed by atoms with E-state index in [1.165, 1.54) is 0 Å². The average Bonchev–Trinajstić information content (AvgIpc) is 2.24. The van der Waals surface area contributed by atoms with Crippen molar-refractivity contribution in [1.29, 1.82) is 0 Å². The molecular weight excluding hydrogens is 254 g/mol. The zero-order valence-corrected chi connectivity index (χ0v) is 10.3. The maximum atomic E-state index is 11.4. The van der Waals surface area contributed by atoms with Crippen molar-refractivity contribution in [2.24, 2.45) is 0 Å². The van der Waals surface area contributed by atoms with Gasteiger partial charge in [-0.15, -0.1) is 0 Å². The van der Waals surface area contributed by atoms with E-state index in [0.717, 1.165) is 0 Å². The standard InChI is InChI=1S/C8H13NO5S2/c1-4-9-7(15(11,12)5-2)8(10)16(13,14)6-3/h5-7,9H,2-4H2,1H3.